The topological polar surface area (TPSA) is 92.3 Å². The first-order valence-electron chi connectivity index (χ1n) is 6.72. The number of nitrogens with one attached hydrogen (secondary N) is 2. The molecule has 1 aliphatic rings. The average Bonchev–Trinajstić information content (AvgIpc) is 2.77. The van der Waals surface area contributed by atoms with Gasteiger partial charge >= 0.3 is 6.01 Å². The van der Waals surface area contributed by atoms with Crippen LogP contribution in [0.25, 0.3) is 0 Å². The molecular formula is C12H20N6O2. The van der Waals surface area contributed by atoms with Gasteiger partial charge in [0, 0.05) is 20.6 Å². The van der Waals surface area contributed by atoms with E-state index in [4.69, 9.17) is 4.74 Å². The van der Waals surface area contributed by atoms with Crippen molar-refractivity contribution in [3.05, 3.63) is 0 Å². The van der Waals surface area contributed by atoms with Gasteiger partial charge in [-0.3, -0.25) is 4.79 Å². The fourth-order valence-corrected chi connectivity index (χ4v) is 1.90. The van der Waals surface area contributed by atoms with Gasteiger partial charge in [-0.1, -0.05) is 6.92 Å². The molecule has 110 valence electrons. The van der Waals surface area contributed by atoms with Crippen LogP contribution in [0.5, 0.6) is 6.01 Å². The molecule has 0 spiro atoms. The summed E-state index contributed by atoms with van der Waals surface area (Å²) in [5, 5.41) is 5.89. The fourth-order valence-electron chi connectivity index (χ4n) is 1.90. The molecule has 8 heteroatoms. The van der Waals surface area contributed by atoms with Gasteiger partial charge in [0.15, 0.2) is 0 Å². The first kappa shape index (κ1) is 14.3. The van der Waals surface area contributed by atoms with Crippen molar-refractivity contribution in [1.29, 1.82) is 0 Å². The monoisotopic (exact) mass is 280 g/mol. The minimum atomic E-state index is -0.286. The fraction of sp³-hybridized carbons (Fsp3) is 0.667. The number of ether oxygens (including phenoxy) is 1. The van der Waals surface area contributed by atoms with Gasteiger partial charge in [-0.2, -0.15) is 15.0 Å². The summed E-state index contributed by atoms with van der Waals surface area (Å²) >= 11 is 0. The lowest BCUT2D eigenvalue weighted by Gasteiger charge is -2.13. The number of likely N-dealkylation sites (N-methyl/N-ethyl adjacent to an activating group) is 1. The number of carbonyl (C=O) groups is 1. The minimum absolute atomic E-state index is 0.0486. The van der Waals surface area contributed by atoms with Gasteiger partial charge in [-0.05, 0) is 12.8 Å². The molecule has 1 aromatic rings. The molecule has 1 atom stereocenters. The number of nitrogens with zero attached hydrogens (tertiary/aromatic N) is 4. The van der Waals surface area contributed by atoms with Crippen LogP contribution in [-0.4, -0.2) is 59.0 Å². The van der Waals surface area contributed by atoms with Crippen LogP contribution in [0.15, 0.2) is 0 Å². The van der Waals surface area contributed by atoms with Crippen LogP contribution in [-0.2, 0) is 4.79 Å². The van der Waals surface area contributed by atoms with Crippen molar-refractivity contribution in [3.63, 3.8) is 0 Å². The summed E-state index contributed by atoms with van der Waals surface area (Å²) in [6.07, 6.45) is 1.61. The highest BCUT2D eigenvalue weighted by molar-refractivity contribution is 5.86. The zero-order chi connectivity index (χ0) is 14.5. The summed E-state index contributed by atoms with van der Waals surface area (Å²) in [4.78, 5) is 26.0. The van der Waals surface area contributed by atoms with Gasteiger partial charge < -0.3 is 20.3 Å². The zero-order valence-corrected chi connectivity index (χ0v) is 12.0. The number of rotatable bonds is 6. The van der Waals surface area contributed by atoms with E-state index in [0.717, 1.165) is 19.4 Å². The van der Waals surface area contributed by atoms with Crippen LogP contribution in [0, 0.1) is 0 Å². The lowest BCUT2D eigenvalue weighted by molar-refractivity contribution is -0.127. The van der Waals surface area contributed by atoms with Crippen LogP contribution >= 0.6 is 0 Å². The molecule has 1 amide bonds. The normalized spacial score (nSPS) is 18.2. The van der Waals surface area contributed by atoms with Crippen LogP contribution < -0.4 is 15.4 Å². The molecular weight excluding hydrogens is 260 g/mol. The number of anilines is 2. The molecule has 20 heavy (non-hydrogen) atoms. The van der Waals surface area contributed by atoms with Crippen molar-refractivity contribution in [2.24, 2.45) is 0 Å². The molecule has 0 aliphatic carbocycles. The number of likely N-dealkylation sites (tertiary alicyclic amines) is 1. The quantitative estimate of drug-likeness (QED) is 0.776. The SMILES string of the molecule is CCCOc1nc(NC)nc(NC2CCN(C)C2=O)n1. The molecule has 0 aromatic carbocycles. The Labute approximate surface area is 118 Å². The number of hydrogen-bond donors (Lipinski definition) is 2. The molecule has 0 radical (unpaired) electrons. The molecule has 8 nitrogen and oxygen atoms in total. The predicted molar refractivity (Wildman–Crippen MR) is 74.8 cm³/mol. The lowest BCUT2D eigenvalue weighted by Crippen LogP contribution is -2.31. The van der Waals surface area contributed by atoms with E-state index in [1.54, 1.807) is 19.0 Å². The third-order valence-electron chi connectivity index (χ3n) is 3.00. The predicted octanol–water partition coefficient (Wildman–Crippen LogP) is 0.345. The Balaban J connectivity index is 2.12. The maximum absolute atomic E-state index is 11.9. The van der Waals surface area contributed by atoms with Crippen molar-refractivity contribution in [2.45, 2.75) is 25.8 Å². The summed E-state index contributed by atoms with van der Waals surface area (Å²) < 4.78 is 5.41. The Morgan fingerprint density at radius 2 is 2.10 bits per heavy atom. The van der Waals surface area contributed by atoms with E-state index in [1.165, 1.54) is 0 Å². The van der Waals surface area contributed by atoms with Gasteiger partial charge in [-0.25, -0.2) is 0 Å². The molecule has 1 saturated heterocycles. The van der Waals surface area contributed by atoms with E-state index in [-0.39, 0.29) is 18.0 Å². The largest absolute Gasteiger partial charge is 0.463 e. The van der Waals surface area contributed by atoms with Crippen molar-refractivity contribution in [1.82, 2.24) is 19.9 Å². The van der Waals surface area contributed by atoms with E-state index in [2.05, 4.69) is 25.6 Å². The maximum Gasteiger partial charge on any atom is 0.323 e. The molecule has 2 rings (SSSR count). The second-order valence-corrected chi connectivity index (χ2v) is 4.61. The van der Waals surface area contributed by atoms with E-state index < -0.39 is 0 Å². The first-order valence-corrected chi connectivity index (χ1v) is 6.72. The smallest absolute Gasteiger partial charge is 0.323 e. The molecule has 2 heterocycles. The highest BCUT2D eigenvalue weighted by atomic mass is 16.5. The zero-order valence-electron chi connectivity index (χ0n) is 12.0. The molecule has 0 bridgehead atoms. The lowest BCUT2D eigenvalue weighted by atomic mass is 10.2. The summed E-state index contributed by atoms with van der Waals surface area (Å²) in [5.74, 6) is 0.809. The number of amides is 1. The molecule has 1 aromatic heterocycles. The highest BCUT2D eigenvalue weighted by Crippen LogP contribution is 2.16. The Bertz CT molecular complexity index is 481. The van der Waals surface area contributed by atoms with Crippen LogP contribution in [0.2, 0.25) is 0 Å². The van der Waals surface area contributed by atoms with Gasteiger partial charge in [0.2, 0.25) is 17.8 Å². The van der Waals surface area contributed by atoms with Crippen LogP contribution in [0.1, 0.15) is 19.8 Å². The Morgan fingerprint density at radius 1 is 1.35 bits per heavy atom. The Hall–Kier alpha value is -2.12. The second kappa shape index (κ2) is 6.36. The Morgan fingerprint density at radius 3 is 2.70 bits per heavy atom. The third kappa shape index (κ3) is 3.25. The molecule has 1 unspecified atom stereocenters. The van der Waals surface area contributed by atoms with Gasteiger partial charge in [0.05, 0.1) is 6.61 Å². The van der Waals surface area contributed by atoms with Crippen molar-refractivity contribution >= 4 is 17.8 Å². The Kier molecular flexibility index (Phi) is 4.54. The minimum Gasteiger partial charge on any atom is -0.463 e. The number of carbonyl (C=O) groups excluding carboxylic acids is 1. The van der Waals surface area contributed by atoms with Gasteiger partial charge in [0.25, 0.3) is 0 Å². The van der Waals surface area contributed by atoms with E-state index in [0.29, 0.717) is 18.5 Å². The highest BCUT2D eigenvalue weighted by Gasteiger charge is 2.29. The first-order chi connectivity index (χ1) is 9.63. The molecule has 1 aliphatic heterocycles. The van der Waals surface area contributed by atoms with E-state index in [9.17, 15) is 4.79 Å². The summed E-state index contributed by atoms with van der Waals surface area (Å²) in [6.45, 7) is 3.28. The van der Waals surface area contributed by atoms with Gasteiger partial charge in [-0.15, -0.1) is 0 Å². The maximum atomic E-state index is 11.9. The summed E-state index contributed by atoms with van der Waals surface area (Å²) in [6, 6.07) is -0.0290. The molecule has 0 saturated carbocycles. The van der Waals surface area contributed by atoms with E-state index in [1.807, 2.05) is 6.92 Å². The number of aromatic nitrogens is 3. The van der Waals surface area contributed by atoms with Crippen molar-refractivity contribution in [3.8, 4) is 6.01 Å². The molecule has 2 N–H and O–H groups in total. The van der Waals surface area contributed by atoms with Crippen LogP contribution in [0.4, 0.5) is 11.9 Å². The van der Waals surface area contributed by atoms with Crippen molar-refractivity contribution < 1.29 is 9.53 Å². The van der Waals surface area contributed by atoms with Crippen LogP contribution in [0.3, 0.4) is 0 Å². The molecule has 1 fully saturated rings. The second-order valence-electron chi connectivity index (χ2n) is 4.61. The summed E-state index contributed by atoms with van der Waals surface area (Å²) in [5.41, 5.74) is 0. The van der Waals surface area contributed by atoms with Crippen molar-refractivity contribution in [2.75, 3.05) is 37.9 Å². The number of hydrogen-bond acceptors (Lipinski definition) is 7. The summed E-state index contributed by atoms with van der Waals surface area (Å²) in [7, 11) is 3.50. The standard InChI is InChI=1S/C12H20N6O2/c1-4-7-20-12-16-10(13-2)15-11(17-12)14-8-5-6-18(3)9(8)19/h8H,4-7H2,1-3H3,(H2,13,14,15,16,17). The third-order valence-corrected chi connectivity index (χ3v) is 3.00. The van der Waals surface area contributed by atoms with E-state index >= 15 is 0 Å². The average molecular weight is 280 g/mol. The van der Waals surface area contributed by atoms with Gasteiger partial charge in [0.1, 0.15) is 6.04 Å².